The van der Waals surface area contributed by atoms with Crippen LogP contribution in [0, 0.1) is 0 Å². The first kappa shape index (κ1) is 17.7. The van der Waals surface area contributed by atoms with Crippen LogP contribution in [0.5, 0.6) is 5.75 Å². The largest absolute Gasteiger partial charge is 0.493 e. The smallest absolute Gasteiger partial charge is 0.119 e. The van der Waals surface area contributed by atoms with E-state index >= 15 is 0 Å². The SMILES string of the molecule is Clc1ccc(NCc2cccc(OCCc3ccccc3)c2)cc1Cl. The minimum absolute atomic E-state index is 0.546. The van der Waals surface area contributed by atoms with E-state index in [1.165, 1.54) is 5.56 Å². The van der Waals surface area contributed by atoms with E-state index in [1.807, 2.05) is 42.5 Å². The van der Waals surface area contributed by atoms with E-state index in [1.54, 1.807) is 6.07 Å². The quantitative estimate of drug-likeness (QED) is 0.531. The van der Waals surface area contributed by atoms with Crippen LogP contribution in [0.15, 0.2) is 72.8 Å². The number of ether oxygens (including phenoxy) is 1. The molecule has 25 heavy (non-hydrogen) atoms. The molecule has 0 aliphatic rings. The maximum atomic E-state index is 6.04. The van der Waals surface area contributed by atoms with Gasteiger partial charge in [0.05, 0.1) is 16.7 Å². The van der Waals surface area contributed by atoms with Gasteiger partial charge in [0.1, 0.15) is 5.75 Å². The van der Waals surface area contributed by atoms with Crippen LogP contribution in [0.25, 0.3) is 0 Å². The average molecular weight is 372 g/mol. The second-order valence-corrected chi connectivity index (χ2v) is 6.53. The molecule has 3 aromatic carbocycles. The molecule has 0 unspecified atom stereocenters. The Kier molecular flexibility index (Phi) is 6.21. The van der Waals surface area contributed by atoms with Crippen molar-refractivity contribution in [1.82, 2.24) is 0 Å². The lowest BCUT2D eigenvalue weighted by atomic mass is 10.2. The van der Waals surface area contributed by atoms with E-state index < -0.39 is 0 Å². The van der Waals surface area contributed by atoms with Gasteiger partial charge in [0.15, 0.2) is 0 Å². The Morgan fingerprint density at radius 2 is 1.56 bits per heavy atom. The van der Waals surface area contributed by atoms with Crippen LogP contribution in [-0.4, -0.2) is 6.61 Å². The molecule has 4 heteroatoms. The summed E-state index contributed by atoms with van der Waals surface area (Å²) in [5.74, 6) is 0.879. The third-order valence-electron chi connectivity index (χ3n) is 3.82. The topological polar surface area (TPSA) is 21.3 Å². The van der Waals surface area contributed by atoms with Crippen molar-refractivity contribution in [3.63, 3.8) is 0 Å². The summed E-state index contributed by atoms with van der Waals surface area (Å²) in [6.45, 7) is 1.35. The number of rotatable bonds is 7. The molecule has 0 atom stereocenters. The molecule has 0 spiro atoms. The summed E-state index contributed by atoms with van der Waals surface area (Å²) in [4.78, 5) is 0. The summed E-state index contributed by atoms with van der Waals surface area (Å²) in [7, 11) is 0. The lowest BCUT2D eigenvalue weighted by molar-refractivity contribution is 0.321. The van der Waals surface area contributed by atoms with Crippen LogP contribution in [0.2, 0.25) is 10.0 Å². The van der Waals surface area contributed by atoms with E-state index in [2.05, 4.69) is 29.6 Å². The molecule has 0 heterocycles. The second kappa shape index (κ2) is 8.80. The summed E-state index contributed by atoms with van der Waals surface area (Å²) in [5, 5.41) is 4.44. The van der Waals surface area contributed by atoms with Crippen molar-refractivity contribution in [2.45, 2.75) is 13.0 Å². The summed E-state index contributed by atoms with van der Waals surface area (Å²) in [6, 6.07) is 24.0. The maximum absolute atomic E-state index is 6.04. The molecule has 0 bridgehead atoms. The fraction of sp³-hybridized carbons (Fsp3) is 0.143. The molecule has 3 rings (SSSR count). The number of nitrogens with one attached hydrogen (secondary N) is 1. The highest BCUT2D eigenvalue weighted by molar-refractivity contribution is 6.42. The van der Waals surface area contributed by atoms with Crippen molar-refractivity contribution in [1.29, 1.82) is 0 Å². The Morgan fingerprint density at radius 3 is 2.36 bits per heavy atom. The number of hydrogen-bond acceptors (Lipinski definition) is 2. The molecule has 0 saturated heterocycles. The van der Waals surface area contributed by atoms with E-state index in [-0.39, 0.29) is 0 Å². The van der Waals surface area contributed by atoms with Crippen LogP contribution in [0.1, 0.15) is 11.1 Å². The van der Waals surface area contributed by atoms with Crippen LogP contribution in [0.3, 0.4) is 0 Å². The molecule has 2 nitrogen and oxygen atoms in total. The Balaban J connectivity index is 1.53. The summed E-state index contributed by atoms with van der Waals surface area (Å²) in [6.07, 6.45) is 0.895. The van der Waals surface area contributed by atoms with Gasteiger partial charge in [-0.05, 0) is 41.5 Å². The minimum atomic E-state index is 0.546. The molecule has 0 amide bonds. The fourth-order valence-electron chi connectivity index (χ4n) is 2.49. The maximum Gasteiger partial charge on any atom is 0.119 e. The predicted molar refractivity (Wildman–Crippen MR) is 106 cm³/mol. The molecular weight excluding hydrogens is 353 g/mol. The Hall–Kier alpha value is -2.16. The first-order chi connectivity index (χ1) is 12.2. The van der Waals surface area contributed by atoms with Crippen molar-refractivity contribution in [2.24, 2.45) is 0 Å². The van der Waals surface area contributed by atoms with Gasteiger partial charge in [0, 0.05) is 18.7 Å². The predicted octanol–water partition coefficient (Wildman–Crippen LogP) is 6.23. The Bertz CT molecular complexity index is 821. The Labute approximate surface area is 158 Å². The van der Waals surface area contributed by atoms with E-state index in [0.29, 0.717) is 23.2 Å². The van der Waals surface area contributed by atoms with Crippen LogP contribution >= 0.6 is 23.2 Å². The van der Waals surface area contributed by atoms with Crippen molar-refractivity contribution < 1.29 is 4.74 Å². The highest BCUT2D eigenvalue weighted by Gasteiger charge is 2.01. The molecule has 1 N–H and O–H groups in total. The van der Waals surface area contributed by atoms with E-state index in [4.69, 9.17) is 27.9 Å². The normalized spacial score (nSPS) is 10.5. The van der Waals surface area contributed by atoms with Gasteiger partial charge in [-0.15, -0.1) is 0 Å². The molecule has 0 aliphatic carbocycles. The minimum Gasteiger partial charge on any atom is -0.493 e. The first-order valence-corrected chi connectivity index (χ1v) is 8.91. The molecular formula is C21H19Cl2NO. The van der Waals surface area contributed by atoms with Crippen molar-refractivity contribution >= 4 is 28.9 Å². The number of hydrogen-bond donors (Lipinski definition) is 1. The van der Waals surface area contributed by atoms with Crippen molar-refractivity contribution in [3.8, 4) is 5.75 Å². The zero-order chi connectivity index (χ0) is 17.5. The molecule has 0 aliphatic heterocycles. The summed E-state index contributed by atoms with van der Waals surface area (Å²) >= 11 is 12.0. The highest BCUT2D eigenvalue weighted by atomic mass is 35.5. The molecule has 3 aromatic rings. The standard InChI is InChI=1S/C21H19Cl2NO/c22-20-10-9-18(14-21(20)23)24-15-17-7-4-8-19(13-17)25-12-11-16-5-2-1-3-6-16/h1-10,13-14,24H,11-12,15H2. The van der Waals surface area contributed by atoms with Gasteiger partial charge in [-0.1, -0.05) is 65.7 Å². The summed E-state index contributed by atoms with van der Waals surface area (Å²) in [5.41, 5.74) is 3.35. The van der Waals surface area contributed by atoms with E-state index in [9.17, 15) is 0 Å². The van der Waals surface area contributed by atoms with Gasteiger partial charge in [0.25, 0.3) is 0 Å². The lowest BCUT2D eigenvalue weighted by Gasteiger charge is -2.10. The van der Waals surface area contributed by atoms with E-state index in [0.717, 1.165) is 23.4 Å². The highest BCUT2D eigenvalue weighted by Crippen LogP contribution is 2.25. The number of halogens is 2. The fourth-order valence-corrected chi connectivity index (χ4v) is 2.78. The van der Waals surface area contributed by atoms with Gasteiger partial charge in [-0.2, -0.15) is 0 Å². The van der Waals surface area contributed by atoms with Gasteiger partial charge < -0.3 is 10.1 Å². The molecule has 0 radical (unpaired) electrons. The van der Waals surface area contributed by atoms with Gasteiger partial charge in [-0.3, -0.25) is 0 Å². The van der Waals surface area contributed by atoms with Gasteiger partial charge >= 0.3 is 0 Å². The van der Waals surface area contributed by atoms with Crippen molar-refractivity contribution in [2.75, 3.05) is 11.9 Å². The second-order valence-electron chi connectivity index (χ2n) is 5.71. The first-order valence-electron chi connectivity index (χ1n) is 8.15. The van der Waals surface area contributed by atoms with Crippen LogP contribution in [0.4, 0.5) is 5.69 Å². The molecule has 0 aromatic heterocycles. The van der Waals surface area contributed by atoms with Gasteiger partial charge in [0.2, 0.25) is 0 Å². The number of anilines is 1. The monoisotopic (exact) mass is 371 g/mol. The Morgan fingerprint density at radius 1 is 0.760 bits per heavy atom. The molecule has 0 saturated carbocycles. The van der Waals surface area contributed by atoms with Gasteiger partial charge in [-0.25, -0.2) is 0 Å². The summed E-state index contributed by atoms with van der Waals surface area (Å²) < 4.78 is 5.87. The van der Waals surface area contributed by atoms with Crippen LogP contribution < -0.4 is 10.1 Å². The molecule has 0 fully saturated rings. The van der Waals surface area contributed by atoms with Crippen LogP contribution in [-0.2, 0) is 13.0 Å². The number of benzene rings is 3. The third kappa shape index (κ3) is 5.42. The third-order valence-corrected chi connectivity index (χ3v) is 4.56. The average Bonchev–Trinajstić information content (AvgIpc) is 2.64. The lowest BCUT2D eigenvalue weighted by Crippen LogP contribution is -2.03. The zero-order valence-electron chi connectivity index (χ0n) is 13.7. The molecule has 128 valence electrons. The van der Waals surface area contributed by atoms with Crippen molar-refractivity contribution in [3.05, 3.63) is 94.0 Å². The zero-order valence-corrected chi connectivity index (χ0v) is 15.2.